The predicted molar refractivity (Wildman–Crippen MR) is 97.9 cm³/mol. The van der Waals surface area contributed by atoms with E-state index in [0.717, 1.165) is 31.6 Å². The highest BCUT2D eigenvalue weighted by molar-refractivity contribution is 5.73. The van der Waals surface area contributed by atoms with Crippen LogP contribution < -0.4 is 9.80 Å². The van der Waals surface area contributed by atoms with Crippen molar-refractivity contribution >= 4 is 17.5 Å². The highest BCUT2D eigenvalue weighted by Crippen LogP contribution is 2.34. The number of hydrogen-bond acceptors (Lipinski definition) is 4. The Morgan fingerprint density at radius 1 is 1.00 bits per heavy atom. The number of halogens is 1. The Kier molecular flexibility index (Phi) is 5.06. The molecule has 1 aromatic carbocycles. The van der Waals surface area contributed by atoms with Gasteiger partial charge in [-0.05, 0) is 45.7 Å². The number of carbonyl (C=O) groups is 1. The Hall–Kier alpha value is -1.98. The normalized spacial score (nSPS) is 18.6. The zero-order valence-electron chi connectivity index (χ0n) is 15.4. The number of hydrogen-bond donors (Lipinski definition) is 0. The molecule has 0 aromatic heterocycles. The molecule has 0 unspecified atom stereocenters. The van der Waals surface area contributed by atoms with Crippen molar-refractivity contribution in [1.29, 1.82) is 0 Å². The third kappa shape index (κ3) is 4.17. The summed E-state index contributed by atoms with van der Waals surface area (Å²) in [6, 6.07) is 5.31. The maximum Gasteiger partial charge on any atom is 0.410 e. The molecule has 2 aliphatic heterocycles. The second-order valence-corrected chi connectivity index (χ2v) is 7.76. The van der Waals surface area contributed by atoms with Crippen LogP contribution in [0.4, 0.5) is 20.6 Å². The van der Waals surface area contributed by atoms with Gasteiger partial charge in [-0.25, -0.2) is 9.18 Å². The van der Waals surface area contributed by atoms with Gasteiger partial charge in [0, 0.05) is 39.3 Å². The summed E-state index contributed by atoms with van der Waals surface area (Å²) in [5.41, 5.74) is 1.15. The lowest BCUT2D eigenvalue weighted by Gasteiger charge is -2.38. The molecule has 2 heterocycles. The first kappa shape index (κ1) is 17.8. The van der Waals surface area contributed by atoms with Crippen molar-refractivity contribution < 1.29 is 13.9 Å². The number of piperazine rings is 1. The van der Waals surface area contributed by atoms with Crippen LogP contribution >= 0.6 is 0 Å². The van der Waals surface area contributed by atoms with Crippen molar-refractivity contribution in [3.05, 3.63) is 24.0 Å². The van der Waals surface area contributed by atoms with E-state index in [9.17, 15) is 9.18 Å². The van der Waals surface area contributed by atoms with Crippen LogP contribution in [0.5, 0.6) is 0 Å². The van der Waals surface area contributed by atoms with E-state index >= 15 is 0 Å². The minimum Gasteiger partial charge on any atom is -0.444 e. The smallest absolute Gasteiger partial charge is 0.410 e. The molecule has 0 atom stereocenters. The Morgan fingerprint density at radius 2 is 1.64 bits per heavy atom. The Labute approximate surface area is 149 Å². The van der Waals surface area contributed by atoms with E-state index < -0.39 is 5.60 Å². The second-order valence-electron chi connectivity index (χ2n) is 7.76. The minimum atomic E-state index is -0.497. The average Bonchev–Trinajstić information content (AvgIpc) is 3.07. The lowest BCUT2D eigenvalue weighted by atomic mass is 10.2. The summed E-state index contributed by atoms with van der Waals surface area (Å²) >= 11 is 0. The van der Waals surface area contributed by atoms with Crippen molar-refractivity contribution in [1.82, 2.24) is 4.90 Å². The van der Waals surface area contributed by atoms with E-state index in [4.69, 9.17) is 4.74 Å². The molecule has 138 valence electrons. The van der Waals surface area contributed by atoms with Crippen LogP contribution in [0.25, 0.3) is 0 Å². The number of carbonyl (C=O) groups excluding carboxylic acids is 1. The molecule has 25 heavy (non-hydrogen) atoms. The van der Waals surface area contributed by atoms with E-state index in [1.807, 2.05) is 26.8 Å². The number of anilines is 2. The molecule has 0 radical (unpaired) electrons. The van der Waals surface area contributed by atoms with Crippen LogP contribution in [0, 0.1) is 5.82 Å². The van der Waals surface area contributed by atoms with Gasteiger partial charge in [0.1, 0.15) is 11.4 Å². The van der Waals surface area contributed by atoms with Crippen molar-refractivity contribution in [2.24, 2.45) is 0 Å². The molecule has 3 rings (SSSR count). The zero-order valence-corrected chi connectivity index (χ0v) is 15.4. The average molecular weight is 349 g/mol. The highest BCUT2D eigenvalue weighted by Gasteiger charge is 2.29. The van der Waals surface area contributed by atoms with Crippen LogP contribution in [0.2, 0.25) is 0 Å². The number of nitrogens with zero attached hydrogens (tertiary/aromatic N) is 3. The number of para-hydroxylation sites is 1. The third-order valence-electron chi connectivity index (χ3n) is 4.66. The lowest BCUT2D eigenvalue weighted by Crippen LogP contribution is -2.50. The Morgan fingerprint density at radius 3 is 2.24 bits per heavy atom. The molecule has 0 spiro atoms. The van der Waals surface area contributed by atoms with Gasteiger partial charge in [0.25, 0.3) is 0 Å². The molecule has 0 N–H and O–H groups in total. The van der Waals surface area contributed by atoms with Crippen LogP contribution in [0.15, 0.2) is 18.2 Å². The van der Waals surface area contributed by atoms with Gasteiger partial charge in [0.2, 0.25) is 0 Å². The van der Waals surface area contributed by atoms with Crippen LogP contribution in [-0.2, 0) is 4.74 Å². The molecule has 2 fully saturated rings. The molecule has 1 amide bonds. The molecule has 2 saturated heterocycles. The Balaban J connectivity index is 1.70. The molecular formula is C19H28FN3O2. The van der Waals surface area contributed by atoms with Gasteiger partial charge in [0.15, 0.2) is 0 Å². The minimum absolute atomic E-state index is 0.185. The van der Waals surface area contributed by atoms with Crippen molar-refractivity contribution in [2.45, 2.75) is 39.2 Å². The van der Waals surface area contributed by atoms with Gasteiger partial charge in [-0.1, -0.05) is 6.07 Å². The summed E-state index contributed by atoms with van der Waals surface area (Å²) in [6.07, 6.45) is 2.02. The molecule has 0 aliphatic carbocycles. The summed E-state index contributed by atoms with van der Waals surface area (Å²) < 4.78 is 20.0. The van der Waals surface area contributed by atoms with Crippen LogP contribution in [-0.4, -0.2) is 55.9 Å². The molecule has 0 bridgehead atoms. The monoisotopic (exact) mass is 349 g/mol. The van der Waals surface area contributed by atoms with Gasteiger partial charge in [-0.2, -0.15) is 0 Å². The summed E-state index contributed by atoms with van der Waals surface area (Å²) in [7, 11) is 0. The SMILES string of the molecule is CC(C)(C)OC(=O)N1CCN(c2c(F)cccc2N2CCCC2)CC1. The van der Waals surface area contributed by atoms with Gasteiger partial charge < -0.3 is 19.4 Å². The fraction of sp³-hybridized carbons (Fsp3) is 0.632. The number of amides is 1. The van der Waals surface area contributed by atoms with Crippen molar-refractivity contribution in [3.63, 3.8) is 0 Å². The molecule has 5 nitrogen and oxygen atoms in total. The summed E-state index contributed by atoms with van der Waals surface area (Å²) in [4.78, 5) is 18.2. The Bertz CT molecular complexity index is 616. The maximum atomic E-state index is 14.6. The van der Waals surface area contributed by atoms with E-state index in [1.54, 1.807) is 11.0 Å². The molecule has 2 aliphatic rings. The van der Waals surface area contributed by atoms with Crippen molar-refractivity contribution in [3.8, 4) is 0 Å². The van der Waals surface area contributed by atoms with Crippen molar-refractivity contribution in [2.75, 3.05) is 49.1 Å². The first-order chi connectivity index (χ1) is 11.8. The fourth-order valence-electron chi connectivity index (χ4n) is 3.47. The molecule has 6 heteroatoms. The zero-order chi connectivity index (χ0) is 18.0. The van der Waals surface area contributed by atoms with Crippen LogP contribution in [0.1, 0.15) is 33.6 Å². The van der Waals surface area contributed by atoms with Gasteiger partial charge in [0.05, 0.1) is 11.4 Å². The van der Waals surface area contributed by atoms with Crippen LogP contribution in [0.3, 0.4) is 0 Å². The molecular weight excluding hydrogens is 321 g/mol. The molecule has 1 aromatic rings. The number of rotatable bonds is 2. The highest BCUT2D eigenvalue weighted by atomic mass is 19.1. The predicted octanol–water partition coefficient (Wildman–Crippen LogP) is 3.48. The number of benzene rings is 1. The summed E-state index contributed by atoms with van der Waals surface area (Å²) in [5, 5.41) is 0. The maximum absolute atomic E-state index is 14.6. The van der Waals surface area contributed by atoms with E-state index in [-0.39, 0.29) is 11.9 Å². The van der Waals surface area contributed by atoms with Gasteiger partial charge >= 0.3 is 6.09 Å². The standard InChI is InChI=1S/C19H28FN3O2/c1-19(2,3)25-18(24)23-13-11-22(12-14-23)17-15(20)7-6-8-16(17)21-9-4-5-10-21/h6-8H,4-5,9-14H2,1-3H3. The van der Waals surface area contributed by atoms with Gasteiger partial charge in [-0.3, -0.25) is 0 Å². The number of ether oxygens (including phenoxy) is 1. The largest absolute Gasteiger partial charge is 0.444 e. The van der Waals surface area contributed by atoms with E-state index in [1.165, 1.54) is 6.07 Å². The summed E-state index contributed by atoms with van der Waals surface area (Å²) in [6.45, 7) is 9.87. The second kappa shape index (κ2) is 7.10. The summed E-state index contributed by atoms with van der Waals surface area (Å²) in [5.74, 6) is -0.185. The van der Waals surface area contributed by atoms with E-state index in [0.29, 0.717) is 31.9 Å². The lowest BCUT2D eigenvalue weighted by molar-refractivity contribution is 0.0240. The topological polar surface area (TPSA) is 36.0 Å². The quantitative estimate of drug-likeness (QED) is 0.819. The molecule has 0 saturated carbocycles. The van der Waals surface area contributed by atoms with Gasteiger partial charge in [-0.15, -0.1) is 0 Å². The first-order valence-corrected chi connectivity index (χ1v) is 9.11. The first-order valence-electron chi connectivity index (χ1n) is 9.11. The third-order valence-corrected chi connectivity index (χ3v) is 4.66. The fourth-order valence-corrected chi connectivity index (χ4v) is 3.47. The van der Waals surface area contributed by atoms with E-state index in [2.05, 4.69) is 9.80 Å².